The molecule has 4 aromatic rings. The number of rotatable bonds is 9. The number of ether oxygens (including phenoxy) is 1. The number of amides is 1. The second-order valence-electron chi connectivity index (χ2n) is 8.97. The zero-order chi connectivity index (χ0) is 29.1. The largest absolute Gasteiger partial charge is 0.507 e. The van der Waals surface area contributed by atoms with Gasteiger partial charge in [-0.15, -0.1) is 10.2 Å². The van der Waals surface area contributed by atoms with Crippen LogP contribution in [0.3, 0.4) is 0 Å². The molecule has 1 unspecified atom stereocenters. The molecule has 0 spiro atoms. The van der Waals surface area contributed by atoms with Crippen molar-refractivity contribution in [2.24, 2.45) is 0 Å². The van der Waals surface area contributed by atoms with Crippen LogP contribution in [-0.2, 0) is 15.3 Å². The molecule has 7 nitrogen and oxygen atoms in total. The molecule has 0 aliphatic carbocycles. The Kier molecular flexibility index (Phi) is 9.35. The van der Waals surface area contributed by atoms with E-state index in [1.54, 1.807) is 54.6 Å². The summed E-state index contributed by atoms with van der Waals surface area (Å²) < 4.78 is 6.98. The van der Waals surface area contributed by atoms with Gasteiger partial charge in [-0.2, -0.15) is 0 Å². The third-order valence-electron chi connectivity index (χ3n) is 6.18. The van der Waals surface area contributed by atoms with Gasteiger partial charge in [-0.3, -0.25) is 14.5 Å². The van der Waals surface area contributed by atoms with E-state index in [0.29, 0.717) is 43.6 Å². The molecule has 41 heavy (non-hydrogen) atoms. The minimum absolute atomic E-state index is 0.0346. The van der Waals surface area contributed by atoms with Crippen molar-refractivity contribution in [2.45, 2.75) is 29.5 Å². The molecule has 2 heterocycles. The van der Waals surface area contributed by atoms with E-state index < -0.39 is 17.7 Å². The Hall–Kier alpha value is -2.89. The van der Waals surface area contributed by atoms with Crippen molar-refractivity contribution in [1.82, 2.24) is 10.2 Å². The Morgan fingerprint density at radius 3 is 2.59 bits per heavy atom. The van der Waals surface area contributed by atoms with Crippen LogP contribution < -0.4 is 9.64 Å². The molecular formula is C29H22BrCl2N3O4S2. The van der Waals surface area contributed by atoms with Gasteiger partial charge in [-0.05, 0) is 66.1 Å². The fourth-order valence-corrected chi connectivity index (χ4v) is 7.09. The molecule has 12 heteroatoms. The first-order valence-electron chi connectivity index (χ1n) is 12.5. The maximum absolute atomic E-state index is 13.5. The average Bonchev–Trinajstić information content (AvgIpc) is 3.53. The molecule has 1 aliphatic heterocycles. The molecule has 1 aliphatic rings. The summed E-state index contributed by atoms with van der Waals surface area (Å²) in [5.41, 5.74) is 1.85. The number of hydrogen-bond donors (Lipinski definition) is 1. The number of carbonyl (C=O) groups is 2. The van der Waals surface area contributed by atoms with Crippen LogP contribution >= 0.6 is 62.2 Å². The number of halogens is 3. The smallest absolute Gasteiger partial charge is 0.301 e. The van der Waals surface area contributed by atoms with Gasteiger partial charge in [-0.1, -0.05) is 87.4 Å². The van der Waals surface area contributed by atoms with Crippen molar-refractivity contribution in [3.8, 4) is 5.75 Å². The molecule has 3 aromatic carbocycles. The highest BCUT2D eigenvalue weighted by Crippen LogP contribution is 2.44. The van der Waals surface area contributed by atoms with Gasteiger partial charge in [0, 0.05) is 25.8 Å². The third kappa shape index (κ3) is 6.47. The monoisotopic (exact) mass is 689 g/mol. The highest BCUT2D eigenvalue weighted by Gasteiger charge is 2.48. The first kappa shape index (κ1) is 29.6. The van der Waals surface area contributed by atoms with Crippen molar-refractivity contribution in [2.75, 3.05) is 11.5 Å². The van der Waals surface area contributed by atoms with Crippen molar-refractivity contribution in [1.29, 1.82) is 0 Å². The number of aromatic nitrogens is 2. The molecule has 1 saturated heterocycles. The summed E-state index contributed by atoms with van der Waals surface area (Å²) in [6.07, 6.45) is 0.860. The molecular weight excluding hydrogens is 669 g/mol. The quantitative estimate of drug-likeness (QED) is 0.0621. The van der Waals surface area contributed by atoms with Crippen LogP contribution in [0.4, 0.5) is 5.13 Å². The van der Waals surface area contributed by atoms with Crippen molar-refractivity contribution < 1.29 is 19.4 Å². The van der Waals surface area contributed by atoms with E-state index in [9.17, 15) is 14.7 Å². The molecule has 0 saturated carbocycles. The molecule has 1 amide bonds. The molecule has 5 rings (SSSR count). The zero-order valence-electron chi connectivity index (χ0n) is 21.5. The van der Waals surface area contributed by atoms with Crippen LogP contribution in [0.5, 0.6) is 5.75 Å². The maximum Gasteiger partial charge on any atom is 0.301 e. The summed E-state index contributed by atoms with van der Waals surface area (Å²) in [5, 5.41) is 21.2. The number of ketones is 1. The number of Topliss-reactive ketones (excluding diaryl/α,β-unsaturated/α-hetero) is 1. The van der Waals surface area contributed by atoms with Crippen LogP contribution in [-0.4, -0.2) is 33.6 Å². The molecule has 1 N–H and O–H groups in total. The number of carbonyl (C=O) groups excluding carboxylic acids is 2. The molecule has 0 radical (unpaired) electrons. The summed E-state index contributed by atoms with van der Waals surface area (Å²) >= 11 is 18.4. The van der Waals surface area contributed by atoms with Gasteiger partial charge in [-0.25, -0.2) is 0 Å². The molecule has 210 valence electrons. The normalized spacial score (nSPS) is 16.4. The standard InChI is InChI=1S/C29H22BrCl2N3O4S2/c1-2-12-39-21-10-7-16(8-11-21)25(36)23-24(17-4-3-5-19(30)13-17)35(27(38)26(23)37)28-33-34-29(41-28)40-15-18-6-9-20(31)14-22(18)32/h3-11,13-14,24,36H,2,12,15H2,1H3/b25-23-. The Bertz CT molecular complexity index is 1650. The van der Waals surface area contributed by atoms with E-state index in [2.05, 4.69) is 26.1 Å². The molecule has 0 bridgehead atoms. The zero-order valence-corrected chi connectivity index (χ0v) is 26.2. The van der Waals surface area contributed by atoms with E-state index in [1.807, 2.05) is 19.1 Å². The Morgan fingerprint density at radius 2 is 1.88 bits per heavy atom. The number of nitrogens with zero attached hydrogens (tertiary/aromatic N) is 3. The topological polar surface area (TPSA) is 92.6 Å². The summed E-state index contributed by atoms with van der Waals surface area (Å²) in [6, 6.07) is 18.4. The minimum Gasteiger partial charge on any atom is -0.507 e. The SMILES string of the molecule is CCCOc1ccc(/C(O)=C2/C(=O)C(=O)N(c3nnc(SCc4ccc(Cl)cc4Cl)s3)C2c2cccc(Br)c2)cc1. The van der Waals surface area contributed by atoms with E-state index in [4.69, 9.17) is 27.9 Å². The van der Waals surface area contributed by atoms with Gasteiger partial charge in [0.2, 0.25) is 5.13 Å². The van der Waals surface area contributed by atoms with Crippen molar-refractivity contribution in [3.05, 3.63) is 104 Å². The summed E-state index contributed by atoms with van der Waals surface area (Å²) in [7, 11) is 0. The number of hydrogen-bond acceptors (Lipinski definition) is 8. The highest BCUT2D eigenvalue weighted by atomic mass is 79.9. The summed E-state index contributed by atoms with van der Waals surface area (Å²) in [6.45, 7) is 2.57. The van der Waals surface area contributed by atoms with Gasteiger partial charge in [0.1, 0.15) is 11.5 Å². The fraction of sp³-hybridized carbons (Fsp3) is 0.172. The van der Waals surface area contributed by atoms with Gasteiger partial charge >= 0.3 is 5.91 Å². The number of anilines is 1. The average molecular weight is 691 g/mol. The van der Waals surface area contributed by atoms with Gasteiger partial charge in [0.05, 0.1) is 18.2 Å². The second kappa shape index (κ2) is 13.0. The number of aliphatic hydroxyl groups excluding tert-OH is 1. The second-order valence-corrected chi connectivity index (χ2v) is 12.9. The minimum atomic E-state index is -0.917. The third-order valence-corrected chi connectivity index (χ3v) is 9.36. The van der Waals surface area contributed by atoms with Gasteiger partial charge < -0.3 is 9.84 Å². The fourth-order valence-electron chi connectivity index (χ4n) is 4.24. The Labute approximate surface area is 263 Å². The lowest BCUT2D eigenvalue weighted by atomic mass is 9.95. The Balaban J connectivity index is 1.50. The molecule has 1 fully saturated rings. The van der Waals surface area contributed by atoms with Crippen LogP contribution in [0.1, 0.15) is 36.1 Å². The van der Waals surface area contributed by atoms with E-state index >= 15 is 0 Å². The Morgan fingerprint density at radius 1 is 1.10 bits per heavy atom. The molecule has 1 atom stereocenters. The van der Waals surface area contributed by atoms with Crippen molar-refractivity contribution >= 4 is 84.8 Å². The lowest BCUT2D eigenvalue weighted by Gasteiger charge is -2.22. The first-order chi connectivity index (χ1) is 19.8. The highest BCUT2D eigenvalue weighted by molar-refractivity contribution is 9.10. The predicted molar refractivity (Wildman–Crippen MR) is 167 cm³/mol. The van der Waals surface area contributed by atoms with E-state index in [1.165, 1.54) is 28.0 Å². The van der Waals surface area contributed by atoms with Gasteiger partial charge in [0.25, 0.3) is 5.78 Å². The van der Waals surface area contributed by atoms with Crippen LogP contribution in [0, 0.1) is 0 Å². The summed E-state index contributed by atoms with van der Waals surface area (Å²) in [5.74, 6) is -0.735. The van der Waals surface area contributed by atoms with E-state index in [0.717, 1.165) is 16.5 Å². The lowest BCUT2D eigenvalue weighted by Crippen LogP contribution is -2.29. The van der Waals surface area contributed by atoms with Crippen LogP contribution in [0.25, 0.3) is 5.76 Å². The van der Waals surface area contributed by atoms with E-state index in [-0.39, 0.29) is 16.5 Å². The number of thioether (sulfide) groups is 1. The molecule has 1 aromatic heterocycles. The number of benzene rings is 3. The predicted octanol–water partition coefficient (Wildman–Crippen LogP) is 8.31. The summed E-state index contributed by atoms with van der Waals surface area (Å²) in [4.78, 5) is 28.2. The first-order valence-corrected chi connectivity index (χ1v) is 15.8. The van der Waals surface area contributed by atoms with Crippen LogP contribution in [0.2, 0.25) is 10.0 Å². The lowest BCUT2D eigenvalue weighted by molar-refractivity contribution is -0.132. The van der Waals surface area contributed by atoms with Crippen molar-refractivity contribution in [3.63, 3.8) is 0 Å². The van der Waals surface area contributed by atoms with Crippen LogP contribution in [0.15, 0.2) is 81.1 Å². The van der Waals surface area contributed by atoms with Gasteiger partial charge in [0.15, 0.2) is 4.34 Å². The number of aliphatic hydroxyl groups is 1. The maximum atomic E-state index is 13.5.